The molecule has 0 spiro atoms. The smallest absolute Gasteiger partial charge is 0.257 e. The molecule has 1 fully saturated rings. The quantitative estimate of drug-likeness (QED) is 0.868. The monoisotopic (exact) mass is 353 g/mol. The van der Waals surface area contributed by atoms with Crippen LogP contribution < -0.4 is 15.0 Å². The zero-order chi connectivity index (χ0) is 18.5. The molecule has 2 heterocycles. The minimum atomic E-state index is -0.176. The van der Waals surface area contributed by atoms with Crippen LogP contribution in [0.3, 0.4) is 0 Å². The number of nitrogens with zero attached hydrogens (tertiary/aromatic N) is 2. The first-order valence-corrected chi connectivity index (χ1v) is 9.30. The van der Waals surface area contributed by atoms with Crippen molar-refractivity contribution >= 4 is 17.3 Å². The van der Waals surface area contributed by atoms with E-state index in [1.807, 2.05) is 50.4 Å². The summed E-state index contributed by atoms with van der Waals surface area (Å²) >= 11 is 0. The Labute approximate surface area is 155 Å². The molecular formula is C21H27N3O2. The van der Waals surface area contributed by atoms with Crippen LogP contribution in [-0.2, 0) is 0 Å². The molecule has 1 aliphatic heterocycles. The first-order valence-electron chi connectivity index (χ1n) is 9.30. The molecule has 1 aromatic carbocycles. The Bertz CT molecular complexity index is 752. The second-order valence-electron chi connectivity index (χ2n) is 7.22. The Morgan fingerprint density at radius 2 is 1.96 bits per heavy atom. The van der Waals surface area contributed by atoms with Crippen LogP contribution in [0.4, 0.5) is 11.4 Å². The summed E-state index contributed by atoms with van der Waals surface area (Å²) in [7, 11) is 0. The Morgan fingerprint density at radius 1 is 1.23 bits per heavy atom. The summed E-state index contributed by atoms with van der Waals surface area (Å²) in [5, 5.41) is 2.95. The average molecular weight is 353 g/mol. The fourth-order valence-corrected chi connectivity index (χ4v) is 3.11. The van der Waals surface area contributed by atoms with Gasteiger partial charge in [0.15, 0.2) is 0 Å². The van der Waals surface area contributed by atoms with E-state index in [1.54, 1.807) is 6.20 Å². The van der Waals surface area contributed by atoms with Crippen molar-refractivity contribution in [3.05, 3.63) is 48.3 Å². The highest BCUT2D eigenvalue weighted by molar-refractivity contribution is 6.05. The van der Waals surface area contributed by atoms with Crippen molar-refractivity contribution in [1.29, 1.82) is 0 Å². The average Bonchev–Trinajstić information content (AvgIpc) is 2.63. The zero-order valence-corrected chi connectivity index (χ0v) is 15.7. The highest BCUT2D eigenvalue weighted by Crippen LogP contribution is 2.26. The topological polar surface area (TPSA) is 54.5 Å². The summed E-state index contributed by atoms with van der Waals surface area (Å²) < 4.78 is 5.77. The van der Waals surface area contributed by atoms with Gasteiger partial charge in [0.05, 0.1) is 29.2 Å². The number of para-hydroxylation sites is 2. The van der Waals surface area contributed by atoms with Crippen LogP contribution in [0.2, 0.25) is 0 Å². The maximum absolute atomic E-state index is 12.7. The molecule has 1 saturated heterocycles. The zero-order valence-electron chi connectivity index (χ0n) is 15.7. The number of rotatable bonds is 5. The summed E-state index contributed by atoms with van der Waals surface area (Å²) in [6, 6.07) is 9.40. The summed E-state index contributed by atoms with van der Waals surface area (Å²) in [6.45, 7) is 8.24. The Kier molecular flexibility index (Phi) is 5.76. The number of hydrogen-bond donors (Lipinski definition) is 1. The second-order valence-corrected chi connectivity index (χ2v) is 7.22. The Balaban J connectivity index is 1.74. The second kappa shape index (κ2) is 8.21. The van der Waals surface area contributed by atoms with E-state index in [1.165, 1.54) is 12.8 Å². The number of nitrogens with one attached hydrogen (secondary N) is 1. The molecule has 1 aromatic heterocycles. The number of carbonyl (C=O) groups is 1. The van der Waals surface area contributed by atoms with Gasteiger partial charge in [-0.05, 0) is 50.8 Å². The van der Waals surface area contributed by atoms with Gasteiger partial charge in [0, 0.05) is 19.3 Å². The minimum Gasteiger partial charge on any atom is -0.489 e. The summed E-state index contributed by atoms with van der Waals surface area (Å²) in [6.07, 6.45) is 5.84. The number of aromatic nitrogens is 1. The molecule has 1 N–H and O–H groups in total. The number of piperidine rings is 1. The number of ether oxygens (including phenoxy) is 1. The molecule has 138 valence electrons. The highest BCUT2D eigenvalue weighted by atomic mass is 16.5. The van der Waals surface area contributed by atoms with Crippen molar-refractivity contribution in [3.8, 4) is 5.75 Å². The molecule has 5 nitrogen and oxygen atoms in total. The lowest BCUT2D eigenvalue weighted by Crippen LogP contribution is -2.33. The Morgan fingerprint density at radius 3 is 2.69 bits per heavy atom. The largest absolute Gasteiger partial charge is 0.489 e. The first-order chi connectivity index (χ1) is 12.5. The van der Waals surface area contributed by atoms with Gasteiger partial charge in [0.2, 0.25) is 0 Å². The van der Waals surface area contributed by atoms with E-state index in [0.717, 1.165) is 24.7 Å². The maximum Gasteiger partial charge on any atom is 0.257 e. The van der Waals surface area contributed by atoms with Crippen molar-refractivity contribution in [2.75, 3.05) is 23.3 Å². The highest BCUT2D eigenvalue weighted by Gasteiger charge is 2.18. The summed E-state index contributed by atoms with van der Waals surface area (Å²) in [5.41, 5.74) is 2.24. The van der Waals surface area contributed by atoms with Crippen LogP contribution in [0.15, 0.2) is 42.7 Å². The van der Waals surface area contributed by atoms with Crippen molar-refractivity contribution in [2.24, 2.45) is 5.92 Å². The van der Waals surface area contributed by atoms with Crippen LogP contribution in [0.25, 0.3) is 0 Å². The fourth-order valence-electron chi connectivity index (χ4n) is 3.11. The molecule has 0 radical (unpaired) electrons. The van der Waals surface area contributed by atoms with Crippen LogP contribution in [0.5, 0.6) is 5.75 Å². The van der Waals surface area contributed by atoms with Gasteiger partial charge >= 0.3 is 0 Å². The van der Waals surface area contributed by atoms with E-state index in [2.05, 4.69) is 22.1 Å². The molecule has 26 heavy (non-hydrogen) atoms. The van der Waals surface area contributed by atoms with E-state index in [9.17, 15) is 4.79 Å². The van der Waals surface area contributed by atoms with Gasteiger partial charge in [0.1, 0.15) is 5.75 Å². The third kappa shape index (κ3) is 4.54. The molecule has 5 heteroatoms. The fraction of sp³-hybridized carbons (Fsp3) is 0.429. The predicted octanol–water partition coefficient (Wildman–Crippen LogP) is 4.36. The van der Waals surface area contributed by atoms with E-state index >= 15 is 0 Å². The van der Waals surface area contributed by atoms with Gasteiger partial charge < -0.3 is 15.0 Å². The molecule has 0 atom stereocenters. The third-order valence-electron chi connectivity index (χ3n) is 4.63. The number of amides is 1. The number of benzene rings is 1. The number of hydrogen-bond acceptors (Lipinski definition) is 4. The lowest BCUT2D eigenvalue weighted by atomic mass is 9.99. The van der Waals surface area contributed by atoms with Crippen LogP contribution in [0.1, 0.15) is 44.0 Å². The maximum atomic E-state index is 12.7. The third-order valence-corrected chi connectivity index (χ3v) is 4.63. The van der Waals surface area contributed by atoms with E-state index < -0.39 is 0 Å². The molecule has 0 aliphatic carbocycles. The molecular weight excluding hydrogens is 326 g/mol. The van der Waals surface area contributed by atoms with Gasteiger partial charge in [-0.2, -0.15) is 0 Å². The van der Waals surface area contributed by atoms with Gasteiger partial charge in [-0.15, -0.1) is 0 Å². The number of pyridine rings is 1. The lowest BCUT2D eigenvalue weighted by Gasteiger charge is -2.32. The summed E-state index contributed by atoms with van der Waals surface area (Å²) in [5.74, 6) is 1.26. The van der Waals surface area contributed by atoms with Crippen LogP contribution >= 0.6 is 0 Å². The SMILES string of the molecule is CC1CCN(c2cncc(C(=O)Nc3ccccc3OC(C)C)c2)CC1. The van der Waals surface area contributed by atoms with Crippen molar-refractivity contribution in [1.82, 2.24) is 4.98 Å². The molecule has 1 amide bonds. The molecule has 0 saturated carbocycles. The van der Waals surface area contributed by atoms with Crippen LogP contribution in [-0.4, -0.2) is 30.1 Å². The number of carbonyl (C=O) groups excluding carboxylic acids is 1. The van der Waals surface area contributed by atoms with Gasteiger partial charge in [-0.1, -0.05) is 19.1 Å². The summed E-state index contributed by atoms with van der Waals surface area (Å²) in [4.78, 5) is 19.3. The van der Waals surface area contributed by atoms with Crippen LogP contribution in [0, 0.1) is 5.92 Å². The van der Waals surface area contributed by atoms with Gasteiger partial charge in [-0.25, -0.2) is 0 Å². The molecule has 3 rings (SSSR count). The lowest BCUT2D eigenvalue weighted by molar-refractivity contribution is 0.102. The van der Waals surface area contributed by atoms with E-state index in [0.29, 0.717) is 17.0 Å². The Hall–Kier alpha value is -2.56. The first kappa shape index (κ1) is 18.2. The minimum absolute atomic E-state index is 0.0412. The van der Waals surface area contributed by atoms with Crippen molar-refractivity contribution in [2.45, 2.75) is 39.7 Å². The van der Waals surface area contributed by atoms with Crippen molar-refractivity contribution < 1.29 is 9.53 Å². The standard InChI is InChI=1S/C21H27N3O2/c1-15(2)26-20-7-5-4-6-19(20)23-21(25)17-12-18(14-22-13-17)24-10-8-16(3)9-11-24/h4-7,12-16H,8-11H2,1-3H3,(H,23,25). The normalized spacial score (nSPS) is 15.2. The molecule has 0 bridgehead atoms. The molecule has 2 aromatic rings. The van der Waals surface area contributed by atoms with E-state index in [4.69, 9.17) is 4.74 Å². The number of anilines is 2. The van der Waals surface area contributed by atoms with Crippen molar-refractivity contribution in [3.63, 3.8) is 0 Å². The molecule has 1 aliphatic rings. The predicted molar refractivity (Wildman–Crippen MR) is 105 cm³/mol. The molecule has 0 unspecified atom stereocenters. The van der Waals surface area contributed by atoms with Gasteiger partial charge in [-0.3, -0.25) is 9.78 Å². The van der Waals surface area contributed by atoms with Gasteiger partial charge in [0.25, 0.3) is 5.91 Å². The van der Waals surface area contributed by atoms with E-state index in [-0.39, 0.29) is 12.0 Å².